The standard InChI is InChI=1S/C5H6BrNO/c6-4-1-2-8-5(4)3-7/h4-5H,1-2H2/t4-,5+/m1/s1. The van der Waals surface area contributed by atoms with Crippen LogP contribution in [0.25, 0.3) is 0 Å². The summed E-state index contributed by atoms with van der Waals surface area (Å²) in [5.74, 6) is 0. The lowest BCUT2D eigenvalue weighted by atomic mass is 10.3. The molecule has 44 valence electrons. The molecular weight excluding hydrogens is 170 g/mol. The van der Waals surface area contributed by atoms with Crippen LogP contribution in [0.3, 0.4) is 0 Å². The lowest BCUT2D eigenvalue weighted by molar-refractivity contribution is 0.152. The van der Waals surface area contributed by atoms with E-state index in [1.54, 1.807) is 0 Å². The molecule has 0 aromatic heterocycles. The molecular formula is C5H6BrNO. The molecule has 1 aliphatic heterocycles. The Hall–Kier alpha value is -0.0700. The first kappa shape index (κ1) is 6.06. The highest BCUT2D eigenvalue weighted by Gasteiger charge is 2.24. The van der Waals surface area contributed by atoms with Crippen LogP contribution in [0.15, 0.2) is 0 Å². The summed E-state index contributed by atoms with van der Waals surface area (Å²) in [5, 5.41) is 8.33. The molecule has 1 aliphatic rings. The third-order valence-corrected chi connectivity index (χ3v) is 2.08. The second kappa shape index (κ2) is 2.47. The van der Waals surface area contributed by atoms with E-state index >= 15 is 0 Å². The van der Waals surface area contributed by atoms with Crippen LogP contribution in [0.1, 0.15) is 6.42 Å². The number of hydrogen-bond donors (Lipinski definition) is 0. The third kappa shape index (κ3) is 1.01. The summed E-state index contributed by atoms with van der Waals surface area (Å²) in [4.78, 5) is 0.257. The van der Waals surface area contributed by atoms with Gasteiger partial charge in [-0.3, -0.25) is 0 Å². The molecule has 0 saturated carbocycles. The molecule has 3 heteroatoms. The summed E-state index contributed by atoms with van der Waals surface area (Å²) >= 11 is 3.32. The molecule has 0 spiro atoms. The Kier molecular flexibility index (Phi) is 1.87. The van der Waals surface area contributed by atoms with Crippen molar-refractivity contribution in [3.05, 3.63) is 0 Å². The first-order chi connectivity index (χ1) is 3.84. The van der Waals surface area contributed by atoms with Crippen LogP contribution in [0.4, 0.5) is 0 Å². The molecule has 1 heterocycles. The van der Waals surface area contributed by atoms with Crippen molar-refractivity contribution in [2.24, 2.45) is 0 Å². The van der Waals surface area contributed by atoms with Gasteiger partial charge >= 0.3 is 0 Å². The van der Waals surface area contributed by atoms with Gasteiger partial charge in [-0.15, -0.1) is 0 Å². The van der Waals surface area contributed by atoms with Crippen molar-refractivity contribution in [3.8, 4) is 6.07 Å². The molecule has 0 unspecified atom stereocenters. The SMILES string of the molecule is N#C[C@@H]1OCC[C@H]1Br. The van der Waals surface area contributed by atoms with Crippen molar-refractivity contribution in [2.75, 3.05) is 6.61 Å². The zero-order valence-electron chi connectivity index (χ0n) is 4.30. The molecule has 1 saturated heterocycles. The van der Waals surface area contributed by atoms with Gasteiger partial charge in [-0.05, 0) is 6.42 Å². The second-order valence-corrected chi connectivity index (χ2v) is 2.90. The Morgan fingerprint density at radius 2 is 2.50 bits per heavy atom. The maximum absolute atomic E-state index is 8.33. The Morgan fingerprint density at radius 3 is 2.75 bits per heavy atom. The van der Waals surface area contributed by atoms with Crippen LogP contribution in [0, 0.1) is 11.3 Å². The third-order valence-electron chi connectivity index (χ3n) is 1.15. The van der Waals surface area contributed by atoms with E-state index in [1.165, 1.54) is 0 Å². The fourth-order valence-corrected chi connectivity index (χ4v) is 1.14. The molecule has 0 radical (unpaired) electrons. The predicted molar refractivity (Wildman–Crippen MR) is 32.7 cm³/mol. The molecule has 1 rings (SSSR count). The van der Waals surface area contributed by atoms with Gasteiger partial charge in [0, 0.05) is 6.61 Å². The molecule has 2 atom stereocenters. The number of hydrogen-bond acceptors (Lipinski definition) is 2. The van der Waals surface area contributed by atoms with Gasteiger partial charge in [0.1, 0.15) is 0 Å². The minimum absolute atomic E-state index is 0.213. The first-order valence-electron chi connectivity index (χ1n) is 2.50. The van der Waals surface area contributed by atoms with E-state index in [2.05, 4.69) is 15.9 Å². The zero-order chi connectivity index (χ0) is 5.98. The van der Waals surface area contributed by atoms with Crippen molar-refractivity contribution in [1.29, 1.82) is 5.26 Å². The van der Waals surface area contributed by atoms with Crippen molar-refractivity contribution in [2.45, 2.75) is 17.4 Å². The molecule has 8 heavy (non-hydrogen) atoms. The van der Waals surface area contributed by atoms with Crippen molar-refractivity contribution < 1.29 is 4.74 Å². The van der Waals surface area contributed by atoms with Crippen molar-refractivity contribution in [1.82, 2.24) is 0 Å². The van der Waals surface area contributed by atoms with Gasteiger partial charge < -0.3 is 4.74 Å². The number of ether oxygens (including phenoxy) is 1. The molecule has 0 aromatic carbocycles. The highest BCUT2D eigenvalue weighted by molar-refractivity contribution is 9.09. The van der Waals surface area contributed by atoms with Gasteiger partial charge in [-0.25, -0.2) is 0 Å². The number of nitrogens with zero attached hydrogens (tertiary/aromatic N) is 1. The second-order valence-electron chi connectivity index (χ2n) is 1.73. The summed E-state index contributed by atoms with van der Waals surface area (Å²) in [7, 11) is 0. The molecule has 0 amide bonds. The first-order valence-corrected chi connectivity index (χ1v) is 3.41. The van der Waals surface area contributed by atoms with Gasteiger partial charge in [-0.1, -0.05) is 15.9 Å². The molecule has 2 nitrogen and oxygen atoms in total. The van der Waals surface area contributed by atoms with E-state index in [-0.39, 0.29) is 10.9 Å². The normalized spacial score (nSPS) is 37.0. The van der Waals surface area contributed by atoms with Crippen LogP contribution in [-0.4, -0.2) is 17.5 Å². The lowest BCUT2D eigenvalue weighted by Crippen LogP contribution is -2.11. The Morgan fingerprint density at radius 1 is 1.75 bits per heavy atom. The molecule has 0 N–H and O–H groups in total. The zero-order valence-corrected chi connectivity index (χ0v) is 5.89. The smallest absolute Gasteiger partial charge is 0.156 e. The summed E-state index contributed by atoms with van der Waals surface area (Å²) in [6.45, 7) is 0.716. The minimum Gasteiger partial charge on any atom is -0.362 e. The summed E-state index contributed by atoms with van der Waals surface area (Å²) < 4.78 is 5.01. The quantitative estimate of drug-likeness (QED) is 0.517. The van der Waals surface area contributed by atoms with Gasteiger partial charge in [0.25, 0.3) is 0 Å². The van der Waals surface area contributed by atoms with Gasteiger partial charge in [0.05, 0.1) is 10.9 Å². The van der Waals surface area contributed by atoms with Gasteiger partial charge in [0.2, 0.25) is 0 Å². The topological polar surface area (TPSA) is 33.0 Å². The van der Waals surface area contributed by atoms with Gasteiger partial charge in [0.15, 0.2) is 6.10 Å². The van der Waals surface area contributed by atoms with Crippen LogP contribution in [-0.2, 0) is 4.74 Å². The number of halogens is 1. The summed E-state index contributed by atoms with van der Waals surface area (Å²) in [5.41, 5.74) is 0. The van der Waals surface area contributed by atoms with E-state index in [1.807, 2.05) is 6.07 Å². The van der Waals surface area contributed by atoms with Crippen molar-refractivity contribution >= 4 is 15.9 Å². The largest absolute Gasteiger partial charge is 0.362 e. The molecule has 0 bridgehead atoms. The maximum Gasteiger partial charge on any atom is 0.156 e. The van der Waals surface area contributed by atoms with E-state index in [0.29, 0.717) is 6.61 Å². The van der Waals surface area contributed by atoms with Crippen LogP contribution in [0.2, 0.25) is 0 Å². The number of nitriles is 1. The fraction of sp³-hybridized carbons (Fsp3) is 0.800. The molecule has 1 fully saturated rings. The average Bonchev–Trinajstić information content (AvgIpc) is 2.14. The summed E-state index contributed by atoms with van der Waals surface area (Å²) in [6.07, 6.45) is 0.744. The predicted octanol–water partition coefficient (Wildman–Crippen LogP) is 1.06. The lowest BCUT2D eigenvalue weighted by Gasteiger charge is -1.99. The number of alkyl halides is 1. The van der Waals surface area contributed by atoms with Crippen LogP contribution >= 0.6 is 15.9 Å². The van der Waals surface area contributed by atoms with Gasteiger partial charge in [-0.2, -0.15) is 5.26 Å². The van der Waals surface area contributed by atoms with E-state index in [4.69, 9.17) is 10.00 Å². The fourth-order valence-electron chi connectivity index (χ4n) is 0.682. The maximum atomic E-state index is 8.33. The highest BCUT2D eigenvalue weighted by Crippen LogP contribution is 2.19. The van der Waals surface area contributed by atoms with Crippen molar-refractivity contribution in [3.63, 3.8) is 0 Å². The highest BCUT2D eigenvalue weighted by atomic mass is 79.9. The van der Waals surface area contributed by atoms with E-state index in [9.17, 15) is 0 Å². The minimum atomic E-state index is -0.213. The van der Waals surface area contributed by atoms with Crippen LogP contribution < -0.4 is 0 Å². The Bertz CT molecular complexity index is 120. The Balaban J connectivity index is 2.45. The van der Waals surface area contributed by atoms with E-state index in [0.717, 1.165) is 6.42 Å². The molecule has 0 aromatic rings. The monoisotopic (exact) mass is 175 g/mol. The Labute approximate surface area is 56.6 Å². The molecule has 0 aliphatic carbocycles. The summed E-state index contributed by atoms with van der Waals surface area (Å²) in [6, 6.07) is 2.04. The van der Waals surface area contributed by atoms with Crippen LogP contribution in [0.5, 0.6) is 0 Å². The average molecular weight is 176 g/mol. The van der Waals surface area contributed by atoms with E-state index < -0.39 is 0 Å². The number of rotatable bonds is 0.